The number of aliphatic hydroxyl groups excluding tert-OH is 2. The van der Waals surface area contributed by atoms with Crippen LogP contribution in [0.2, 0.25) is 0 Å². The number of rotatable bonds is 5. The number of nitrogens with one attached hydrogen (secondary N) is 1. The van der Waals surface area contributed by atoms with E-state index in [1.54, 1.807) is 18.4 Å². The number of aliphatic hydroxyl groups is 2. The first-order valence-corrected chi connectivity index (χ1v) is 6.57. The molecule has 3 nitrogen and oxygen atoms in total. The molecule has 2 aromatic rings. The van der Waals surface area contributed by atoms with Gasteiger partial charge < -0.3 is 15.5 Å². The van der Waals surface area contributed by atoms with Gasteiger partial charge in [0.05, 0.1) is 6.10 Å². The van der Waals surface area contributed by atoms with Gasteiger partial charge in [-0.2, -0.15) is 0 Å². The number of likely N-dealkylation sites (N-methyl/N-ethyl adjacent to an activating group) is 1. The van der Waals surface area contributed by atoms with Crippen LogP contribution in [-0.4, -0.2) is 29.9 Å². The van der Waals surface area contributed by atoms with Gasteiger partial charge in [-0.3, -0.25) is 0 Å². The van der Waals surface area contributed by atoms with Crippen molar-refractivity contribution in [2.75, 3.05) is 13.7 Å². The Hall–Kier alpha value is -0.940. The van der Waals surface area contributed by atoms with Crippen molar-refractivity contribution in [3.63, 3.8) is 0 Å². The van der Waals surface area contributed by atoms with Crippen molar-refractivity contribution in [2.45, 2.75) is 18.6 Å². The molecule has 4 heteroatoms. The fourth-order valence-electron chi connectivity index (χ4n) is 1.99. The van der Waals surface area contributed by atoms with Gasteiger partial charge in [-0.15, -0.1) is 11.3 Å². The molecule has 0 saturated carbocycles. The molecule has 3 N–H and O–H groups in total. The average molecular weight is 251 g/mol. The summed E-state index contributed by atoms with van der Waals surface area (Å²) >= 11 is 1.67. The van der Waals surface area contributed by atoms with Gasteiger partial charge in [0.25, 0.3) is 0 Å². The van der Waals surface area contributed by atoms with Crippen LogP contribution in [-0.2, 0) is 0 Å². The number of benzene rings is 1. The molecule has 0 saturated heterocycles. The summed E-state index contributed by atoms with van der Waals surface area (Å²) in [5, 5.41) is 25.5. The smallest absolute Gasteiger partial charge is 0.0944 e. The molecule has 0 amide bonds. The third-order valence-electron chi connectivity index (χ3n) is 3.01. The van der Waals surface area contributed by atoms with Crippen LogP contribution in [0.4, 0.5) is 0 Å². The fraction of sp³-hybridized carbons (Fsp3) is 0.385. The molecule has 2 rings (SSSR count). The molecule has 0 radical (unpaired) electrons. The first-order valence-electron chi connectivity index (χ1n) is 5.69. The monoisotopic (exact) mass is 251 g/mol. The zero-order valence-corrected chi connectivity index (χ0v) is 10.6. The Morgan fingerprint density at radius 2 is 2.18 bits per heavy atom. The summed E-state index contributed by atoms with van der Waals surface area (Å²) < 4.78 is 1.18. The summed E-state index contributed by atoms with van der Waals surface area (Å²) in [7, 11) is 1.80. The Kier molecular flexibility index (Phi) is 4.12. The Morgan fingerprint density at radius 1 is 1.35 bits per heavy atom. The van der Waals surface area contributed by atoms with Gasteiger partial charge in [-0.25, -0.2) is 0 Å². The van der Waals surface area contributed by atoms with Crippen molar-refractivity contribution in [3.8, 4) is 0 Å². The lowest BCUT2D eigenvalue weighted by Crippen LogP contribution is -2.32. The molecular weight excluding hydrogens is 234 g/mol. The minimum Gasteiger partial charge on any atom is -0.396 e. The first-order chi connectivity index (χ1) is 8.26. The highest BCUT2D eigenvalue weighted by molar-refractivity contribution is 7.17. The summed E-state index contributed by atoms with van der Waals surface area (Å²) in [6, 6.07) is 7.95. The molecule has 92 valence electrons. The zero-order chi connectivity index (χ0) is 12.3. The normalized spacial score (nSPS) is 15.0. The van der Waals surface area contributed by atoms with E-state index in [4.69, 9.17) is 5.11 Å². The Labute approximate surface area is 105 Å². The number of fused-ring (bicyclic) bond motifs is 1. The van der Waals surface area contributed by atoms with E-state index >= 15 is 0 Å². The van der Waals surface area contributed by atoms with E-state index in [1.165, 1.54) is 10.1 Å². The molecule has 0 bridgehead atoms. The Morgan fingerprint density at radius 3 is 2.88 bits per heavy atom. The molecule has 17 heavy (non-hydrogen) atoms. The van der Waals surface area contributed by atoms with Crippen molar-refractivity contribution in [1.29, 1.82) is 0 Å². The second-order valence-corrected chi connectivity index (χ2v) is 5.02. The molecule has 0 aliphatic rings. The van der Waals surface area contributed by atoms with Crippen molar-refractivity contribution in [2.24, 2.45) is 0 Å². The maximum absolute atomic E-state index is 10.2. The molecule has 1 heterocycles. The number of hydrogen-bond donors (Lipinski definition) is 3. The van der Waals surface area contributed by atoms with Gasteiger partial charge in [0.1, 0.15) is 0 Å². The Bertz CT molecular complexity index is 483. The van der Waals surface area contributed by atoms with Gasteiger partial charge in [0.15, 0.2) is 0 Å². The second kappa shape index (κ2) is 5.60. The lowest BCUT2D eigenvalue weighted by Gasteiger charge is -2.22. The maximum atomic E-state index is 10.2. The van der Waals surface area contributed by atoms with Gasteiger partial charge >= 0.3 is 0 Å². The van der Waals surface area contributed by atoms with E-state index < -0.39 is 6.10 Å². The van der Waals surface area contributed by atoms with E-state index in [2.05, 4.69) is 11.4 Å². The fourth-order valence-corrected chi connectivity index (χ4v) is 2.82. The van der Waals surface area contributed by atoms with Gasteiger partial charge in [0.2, 0.25) is 0 Å². The molecule has 1 aromatic carbocycles. The second-order valence-electron chi connectivity index (χ2n) is 4.07. The van der Waals surface area contributed by atoms with Gasteiger partial charge in [-0.05, 0) is 41.9 Å². The third kappa shape index (κ3) is 2.66. The van der Waals surface area contributed by atoms with E-state index in [-0.39, 0.29) is 12.6 Å². The quantitative estimate of drug-likeness (QED) is 0.761. The summed E-state index contributed by atoms with van der Waals surface area (Å²) in [6.07, 6.45) is -0.0428. The molecule has 0 fully saturated rings. The van der Waals surface area contributed by atoms with Crippen molar-refractivity contribution in [1.82, 2.24) is 5.32 Å². The molecule has 0 spiro atoms. The van der Waals surface area contributed by atoms with Gasteiger partial charge in [0, 0.05) is 17.3 Å². The molecule has 2 unspecified atom stereocenters. The first kappa shape index (κ1) is 12.5. The van der Waals surface area contributed by atoms with Crippen LogP contribution in [0.3, 0.4) is 0 Å². The molecular formula is C13H17NO2S. The number of thiophene rings is 1. The van der Waals surface area contributed by atoms with Gasteiger partial charge in [-0.1, -0.05) is 12.1 Å². The largest absolute Gasteiger partial charge is 0.396 e. The standard InChI is InChI=1S/C13H17NO2S/c1-14-11(4-6-15)13(16)10-3-2-9-5-7-17-12(9)8-10/h2-3,5,7-8,11,13-16H,4,6H2,1H3. The summed E-state index contributed by atoms with van der Waals surface area (Å²) in [4.78, 5) is 0. The Balaban J connectivity index is 2.24. The van der Waals surface area contributed by atoms with Crippen LogP contribution < -0.4 is 5.32 Å². The van der Waals surface area contributed by atoms with Crippen LogP contribution in [0.15, 0.2) is 29.6 Å². The maximum Gasteiger partial charge on any atom is 0.0944 e. The average Bonchev–Trinajstić information content (AvgIpc) is 2.82. The van der Waals surface area contributed by atoms with E-state index in [9.17, 15) is 5.11 Å². The highest BCUT2D eigenvalue weighted by Gasteiger charge is 2.18. The third-order valence-corrected chi connectivity index (χ3v) is 3.89. The molecule has 2 atom stereocenters. The van der Waals surface area contributed by atoms with Crippen molar-refractivity contribution < 1.29 is 10.2 Å². The van der Waals surface area contributed by atoms with Crippen LogP contribution in [0, 0.1) is 0 Å². The SMILES string of the molecule is CNC(CCO)C(O)c1ccc2ccsc2c1. The highest BCUT2D eigenvalue weighted by atomic mass is 32.1. The summed E-state index contributed by atoms with van der Waals surface area (Å²) in [5.41, 5.74) is 0.896. The lowest BCUT2D eigenvalue weighted by atomic mass is 9.99. The van der Waals surface area contributed by atoms with Crippen LogP contribution in [0.1, 0.15) is 18.1 Å². The van der Waals surface area contributed by atoms with Crippen LogP contribution in [0.25, 0.3) is 10.1 Å². The van der Waals surface area contributed by atoms with Crippen molar-refractivity contribution >= 4 is 21.4 Å². The molecule has 1 aromatic heterocycles. The van der Waals surface area contributed by atoms with E-state index in [0.29, 0.717) is 6.42 Å². The number of hydrogen-bond acceptors (Lipinski definition) is 4. The predicted octanol–water partition coefficient (Wildman–Crippen LogP) is 1.91. The minimum atomic E-state index is -0.585. The zero-order valence-electron chi connectivity index (χ0n) is 9.76. The topological polar surface area (TPSA) is 52.5 Å². The summed E-state index contributed by atoms with van der Waals surface area (Å²) in [6.45, 7) is 0.0732. The molecule has 0 aliphatic heterocycles. The van der Waals surface area contributed by atoms with Crippen molar-refractivity contribution in [3.05, 3.63) is 35.2 Å². The lowest BCUT2D eigenvalue weighted by molar-refractivity contribution is 0.115. The highest BCUT2D eigenvalue weighted by Crippen LogP contribution is 2.26. The predicted molar refractivity (Wildman–Crippen MR) is 71.3 cm³/mol. The van der Waals surface area contributed by atoms with Crippen LogP contribution in [0.5, 0.6) is 0 Å². The van der Waals surface area contributed by atoms with E-state index in [0.717, 1.165) is 5.56 Å². The van der Waals surface area contributed by atoms with E-state index in [1.807, 2.05) is 23.6 Å². The minimum absolute atomic E-state index is 0.0732. The van der Waals surface area contributed by atoms with Crippen LogP contribution >= 0.6 is 11.3 Å². The molecule has 0 aliphatic carbocycles. The summed E-state index contributed by atoms with van der Waals surface area (Å²) in [5.74, 6) is 0.